The maximum Gasteiger partial charge on any atom is 0.258 e. The Morgan fingerprint density at radius 3 is 2.24 bits per heavy atom. The van der Waals surface area contributed by atoms with E-state index in [9.17, 15) is 14.4 Å². The number of primary amides is 1. The first-order chi connectivity index (χ1) is 8.01. The van der Waals surface area contributed by atoms with E-state index < -0.39 is 17.7 Å². The first-order valence-electron chi connectivity index (χ1n) is 5.30. The molecule has 0 aliphatic carbocycles. The number of hydrogen-bond donors (Lipinski definition) is 2. The van der Waals surface area contributed by atoms with Gasteiger partial charge in [-0.3, -0.25) is 19.7 Å². The van der Waals surface area contributed by atoms with Crippen molar-refractivity contribution in [1.29, 1.82) is 0 Å². The molecular weight excluding hydrogens is 220 g/mol. The first-order valence-corrected chi connectivity index (χ1v) is 5.30. The number of fused-ring (bicyclic) bond motifs is 1. The lowest BCUT2D eigenvalue weighted by Crippen LogP contribution is -2.19. The minimum Gasteiger partial charge on any atom is -0.366 e. The summed E-state index contributed by atoms with van der Waals surface area (Å²) in [6, 6.07) is 4.15. The highest BCUT2D eigenvalue weighted by Crippen LogP contribution is 2.16. The van der Waals surface area contributed by atoms with E-state index in [1.807, 2.05) is 0 Å². The van der Waals surface area contributed by atoms with E-state index in [4.69, 9.17) is 5.73 Å². The lowest BCUT2D eigenvalue weighted by molar-refractivity contribution is 0.0879. The fraction of sp³-hybridized carbons (Fsp3) is 0.250. The van der Waals surface area contributed by atoms with E-state index in [1.165, 1.54) is 24.6 Å². The molecule has 1 aliphatic rings. The number of nitrogens with two attached hydrogens (primary N) is 1. The van der Waals surface area contributed by atoms with Crippen LogP contribution in [-0.2, 0) is 0 Å². The van der Waals surface area contributed by atoms with Crippen molar-refractivity contribution < 1.29 is 14.4 Å². The molecule has 0 aromatic heterocycles. The zero-order valence-electron chi connectivity index (χ0n) is 9.74. The van der Waals surface area contributed by atoms with Crippen molar-refractivity contribution in [3.05, 3.63) is 34.9 Å². The molecule has 0 bridgehead atoms. The molecule has 0 radical (unpaired) electrons. The highest BCUT2D eigenvalue weighted by Gasteiger charge is 2.26. The smallest absolute Gasteiger partial charge is 0.258 e. The van der Waals surface area contributed by atoms with Crippen molar-refractivity contribution in [3.8, 4) is 0 Å². The molecule has 1 aromatic rings. The molecule has 5 nitrogen and oxygen atoms in total. The molecule has 5 heteroatoms. The molecule has 3 amide bonds. The normalized spacial score (nSPS) is 12.4. The average Bonchev–Trinajstić information content (AvgIpc) is 2.55. The molecule has 1 aliphatic heterocycles. The van der Waals surface area contributed by atoms with Gasteiger partial charge in [0.05, 0.1) is 11.1 Å². The molecule has 3 N–H and O–H groups in total. The fourth-order valence-corrected chi connectivity index (χ4v) is 1.32. The maximum atomic E-state index is 11.2. The minimum atomic E-state index is -0.625. The Balaban J connectivity index is 0.000000437. The Morgan fingerprint density at radius 1 is 1.18 bits per heavy atom. The molecule has 0 unspecified atom stereocenters. The molecule has 0 spiro atoms. The van der Waals surface area contributed by atoms with Crippen molar-refractivity contribution in [2.45, 2.75) is 20.3 Å². The number of nitrogens with one attached hydrogen (secondary N) is 1. The summed E-state index contributed by atoms with van der Waals surface area (Å²) in [7, 11) is 0. The van der Waals surface area contributed by atoms with Gasteiger partial charge in [-0.25, -0.2) is 0 Å². The van der Waals surface area contributed by atoms with Crippen molar-refractivity contribution in [2.24, 2.45) is 5.73 Å². The Morgan fingerprint density at radius 2 is 1.71 bits per heavy atom. The summed E-state index contributed by atoms with van der Waals surface area (Å²) in [6.07, 6.45) is 1.25. The minimum absolute atomic E-state index is 0.200. The van der Waals surface area contributed by atoms with Gasteiger partial charge < -0.3 is 5.73 Å². The largest absolute Gasteiger partial charge is 0.366 e. The van der Waals surface area contributed by atoms with Gasteiger partial charge in [0.1, 0.15) is 0 Å². The van der Waals surface area contributed by atoms with Gasteiger partial charge in [-0.15, -0.1) is 0 Å². The standard InChI is InChI=1S/C9H6N2O3.C3H8/c10-7(12)4-1-2-5-6(3-4)9(14)11-8(5)13;1-3-2/h1-3H,(H2,10,12)(H,11,13,14);3H2,1-2H3. The Bertz CT molecular complexity index is 481. The van der Waals surface area contributed by atoms with Crippen LogP contribution in [0.25, 0.3) is 0 Å². The van der Waals surface area contributed by atoms with E-state index >= 15 is 0 Å². The van der Waals surface area contributed by atoms with Crippen LogP contribution in [0.5, 0.6) is 0 Å². The summed E-state index contributed by atoms with van der Waals surface area (Å²) in [5, 5.41) is 2.12. The van der Waals surface area contributed by atoms with Crippen molar-refractivity contribution in [1.82, 2.24) is 5.32 Å². The molecule has 0 saturated carbocycles. The monoisotopic (exact) mass is 234 g/mol. The van der Waals surface area contributed by atoms with Crippen LogP contribution in [0.4, 0.5) is 0 Å². The van der Waals surface area contributed by atoms with E-state index in [-0.39, 0.29) is 16.7 Å². The summed E-state index contributed by atoms with van der Waals surface area (Å²) < 4.78 is 0. The Hall–Kier alpha value is -2.17. The third kappa shape index (κ3) is 2.69. The summed E-state index contributed by atoms with van der Waals surface area (Å²) in [6.45, 7) is 4.25. The van der Waals surface area contributed by atoms with E-state index in [1.54, 1.807) is 0 Å². The number of carbonyl (C=O) groups excluding carboxylic acids is 3. The van der Waals surface area contributed by atoms with Crippen LogP contribution < -0.4 is 11.1 Å². The van der Waals surface area contributed by atoms with Crippen LogP contribution in [0, 0.1) is 0 Å². The maximum absolute atomic E-state index is 11.2. The van der Waals surface area contributed by atoms with Crippen LogP contribution in [-0.4, -0.2) is 17.7 Å². The highest BCUT2D eigenvalue weighted by atomic mass is 16.2. The van der Waals surface area contributed by atoms with E-state index in [0.717, 1.165) is 0 Å². The fourth-order valence-electron chi connectivity index (χ4n) is 1.32. The molecule has 1 heterocycles. The van der Waals surface area contributed by atoms with Gasteiger partial charge in [0, 0.05) is 5.56 Å². The van der Waals surface area contributed by atoms with Crippen LogP contribution in [0.1, 0.15) is 51.3 Å². The number of amides is 3. The second kappa shape index (κ2) is 5.25. The molecule has 0 atom stereocenters. The number of imide groups is 1. The number of benzene rings is 1. The first kappa shape index (κ1) is 12.9. The van der Waals surface area contributed by atoms with Crippen molar-refractivity contribution in [2.75, 3.05) is 0 Å². The number of hydrogen-bond acceptors (Lipinski definition) is 3. The third-order valence-electron chi connectivity index (χ3n) is 2.02. The summed E-state index contributed by atoms with van der Waals surface area (Å²) >= 11 is 0. The number of rotatable bonds is 1. The molecule has 90 valence electrons. The highest BCUT2D eigenvalue weighted by molar-refractivity contribution is 6.22. The number of carbonyl (C=O) groups is 3. The zero-order chi connectivity index (χ0) is 13.0. The van der Waals surface area contributed by atoms with Crippen LogP contribution >= 0.6 is 0 Å². The van der Waals surface area contributed by atoms with Gasteiger partial charge in [0.25, 0.3) is 11.8 Å². The second-order valence-electron chi connectivity index (χ2n) is 3.61. The zero-order valence-corrected chi connectivity index (χ0v) is 9.74. The molecule has 1 aromatic carbocycles. The SMILES string of the molecule is CCC.NC(=O)c1ccc2c(c1)C(=O)NC2=O. The van der Waals surface area contributed by atoms with Crippen LogP contribution in [0.15, 0.2) is 18.2 Å². The molecular formula is C12H14N2O3. The van der Waals surface area contributed by atoms with Gasteiger partial charge in [0.2, 0.25) is 5.91 Å². The van der Waals surface area contributed by atoms with Gasteiger partial charge in [-0.05, 0) is 18.2 Å². The molecule has 2 rings (SSSR count). The predicted molar refractivity (Wildman–Crippen MR) is 62.7 cm³/mol. The molecule has 0 fully saturated rings. The summed E-state index contributed by atoms with van der Waals surface area (Å²) in [5.74, 6) is -1.56. The summed E-state index contributed by atoms with van der Waals surface area (Å²) in [5.41, 5.74) is 5.73. The Kier molecular flexibility index (Phi) is 3.98. The topological polar surface area (TPSA) is 89.3 Å². The van der Waals surface area contributed by atoms with Crippen LogP contribution in [0.3, 0.4) is 0 Å². The van der Waals surface area contributed by atoms with E-state index in [0.29, 0.717) is 0 Å². The molecule has 17 heavy (non-hydrogen) atoms. The van der Waals surface area contributed by atoms with Gasteiger partial charge >= 0.3 is 0 Å². The second-order valence-corrected chi connectivity index (χ2v) is 3.61. The van der Waals surface area contributed by atoms with E-state index in [2.05, 4.69) is 19.2 Å². The van der Waals surface area contributed by atoms with Gasteiger partial charge in [-0.1, -0.05) is 20.3 Å². The predicted octanol–water partition coefficient (Wildman–Crippen LogP) is 1.09. The van der Waals surface area contributed by atoms with Gasteiger partial charge in [0.15, 0.2) is 0 Å². The Labute approximate surface area is 99.0 Å². The quantitative estimate of drug-likeness (QED) is 0.712. The third-order valence-corrected chi connectivity index (χ3v) is 2.02. The van der Waals surface area contributed by atoms with Crippen LogP contribution in [0.2, 0.25) is 0 Å². The van der Waals surface area contributed by atoms with Crippen molar-refractivity contribution >= 4 is 17.7 Å². The van der Waals surface area contributed by atoms with Gasteiger partial charge in [-0.2, -0.15) is 0 Å². The summed E-state index contributed by atoms with van der Waals surface area (Å²) in [4.78, 5) is 33.1. The lowest BCUT2D eigenvalue weighted by Gasteiger charge is -1.97. The molecule has 0 saturated heterocycles. The van der Waals surface area contributed by atoms with Crippen molar-refractivity contribution in [3.63, 3.8) is 0 Å². The lowest BCUT2D eigenvalue weighted by atomic mass is 10.1. The average molecular weight is 234 g/mol.